The Kier molecular flexibility index (Phi) is 5.51. The number of benzene rings is 1. The molecule has 0 aromatic heterocycles. The molecule has 0 fully saturated rings. The molecule has 7 heteroatoms. The molecule has 0 spiro atoms. The molecule has 0 aliphatic carbocycles. The fraction of sp³-hybridized carbons (Fsp3) is 0.417. The molecule has 19 heavy (non-hydrogen) atoms. The van der Waals surface area contributed by atoms with Gasteiger partial charge < -0.3 is 5.11 Å². The van der Waals surface area contributed by atoms with E-state index in [1.165, 1.54) is 0 Å². The molecule has 0 saturated carbocycles. The highest BCUT2D eigenvalue weighted by Crippen LogP contribution is 2.18. The third-order valence-corrected chi connectivity index (χ3v) is 4.62. The van der Waals surface area contributed by atoms with E-state index >= 15 is 0 Å². The van der Waals surface area contributed by atoms with Crippen LogP contribution in [0.1, 0.15) is 19.4 Å². The SMILES string of the molecule is CC(C)C(NS(=O)(=O)Cc1ccccc1Br)C(=O)O. The molecule has 0 aliphatic heterocycles. The maximum atomic E-state index is 12.0. The second-order valence-corrected chi connectivity index (χ2v) is 7.14. The first-order valence-corrected chi connectivity index (χ1v) is 8.13. The molecule has 106 valence electrons. The molecule has 1 rings (SSSR count). The largest absolute Gasteiger partial charge is 0.480 e. The summed E-state index contributed by atoms with van der Waals surface area (Å²) >= 11 is 3.26. The van der Waals surface area contributed by atoms with Crippen molar-refractivity contribution in [3.8, 4) is 0 Å². The minimum absolute atomic E-state index is 0.259. The van der Waals surface area contributed by atoms with Crippen LogP contribution in [0.15, 0.2) is 28.7 Å². The van der Waals surface area contributed by atoms with Gasteiger partial charge in [0.05, 0.1) is 5.75 Å². The van der Waals surface area contributed by atoms with Gasteiger partial charge in [-0.3, -0.25) is 4.79 Å². The average Bonchev–Trinajstić information content (AvgIpc) is 2.28. The van der Waals surface area contributed by atoms with Crippen LogP contribution >= 0.6 is 15.9 Å². The number of hydrogen-bond acceptors (Lipinski definition) is 3. The topological polar surface area (TPSA) is 83.5 Å². The Morgan fingerprint density at radius 2 is 1.95 bits per heavy atom. The van der Waals surface area contributed by atoms with Crippen molar-refractivity contribution < 1.29 is 18.3 Å². The standard InChI is InChI=1S/C12H16BrNO4S/c1-8(2)11(12(15)16)14-19(17,18)7-9-5-3-4-6-10(9)13/h3-6,8,11,14H,7H2,1-2H3,(H,15,16). The van der Waals surface area contributed by atoms with Crippen LogP contribution in [0.3, 0.4) is 0 Å². The summed E-state index contributed by atoms with van der Waals surface area (Å²) in [5, 5.41) is 8.99. The summed E-state index contributed by atoms with van der Waals surface area (Å²) < 4.78 is 26.8. The molecule has 0 saturated heterocycles. The minimum atomic E-state index is -3.71. The predicted octanol–water partition coefficient (Wildman–Crippen LogP) is 1.98. The third kappa shape index (κ3) is 4.93. The first kappa shape index (κ1) is 16.1. The van der Waals surface area contributed by atoms with E-state index in [-0.39, 0.29) is 11.7 Å². The number of rotatable bonds is 6. The van der Waals surface area contributed by atoms with E-state index in [9.17, 15) is 13.2 Å². The number of nitrogens with one attached hydrogen (secondary N) is 1. The van der Waals surface area contributed by atoms with Crippen molar-refractivity contribution in [2.75, 3.05) is 0 Å². The number of aliphatic carboxylic acids is 1. The van der Waals surface area contributed by atoms with Crippen molar-refractivity contribution in [1.82, 2.24) is 4.72 Å². The van der Waals surface area contributed by atoms with Crippen molar-refractivity contribution in [3.05, 3.63) is 34.3 Å². The lowest BCUT2D eigenvalue weighted by Gasteiger charge is -2.18. The smallest absolute Gasteiger partial charge is 0.321 e. The van der Waals surface area contributed by atoms with E-state index in [2.05, 4.69) is 20.7 Å². The van der Waals surface area contributed by atoms with Gasteiger partial charge in [-0.2, -0.15) is 0 Å². The van der Waals surface area contributed by atoms with Gasteiger partial charge in [0, 0.05) is 4.47 Å². The fourth-order valence-electron chi connectivity index (χ4n) is 1.53. The Morgan fingerprint density at radius 3 is 2.42 bits per heavy atom. The van der Waals surface area contributed by atoms with Gasteiger partial charge in [0.25, 0.3) is 0 Å². The Balaban J connectivity index is 2.88. The summed E-state index contributed by atoms with van der Waals surface area (Å²) in [7, 11) is -3.71. The molecule has 1 aromatic carbocycles. The van der Waals surface area contributed by atoms with E-state index in [1.807, 2.05) is 0 Å². The van der Waals surface area contributed by atoms with Crippen LogP contribution in [-0.2, 0) is 20.6 Å². The molecule has 1 aromatic rings. The molecule has 1 unspecified atom stereocenters. The number of sulfonamides is 1. The molecule has 0 heterocycles. The summed E-state index contributed by atoms with van der Waals surface area (Å²) in [4.78, 5) is 11.0. The van der Waals surface area contributed by atoms with E-state index in [4.69, 9.17) is 5.11 Å². The average molecular weight is 350 g/mol. The van der Waals surface area contributed by atoms with Crippen LogP contribution < -0.4 is 4.72 Å². The van der Waals surface area contributed by atoms with Crippen molar-refractivity contribution in [1.29, 1.82) is 0 Å². The van der Waals surface area contributed by atoms with Gasteiger partial charge in [-0.15, -0.1) is 0 Å². The summed E-state index contributed by atoms with van der Waals surface area (Å²) in [6, 6.07) is 5.80. The summed E-state index contributed by atoms with van der Waals surface area (Å²) in [5.74, 6) is -1.76. The normalized spacial score (nSPS) is 13.5. The van der Waals surface area contributed by atoms with Gasteiger partial charge in [-0.05, 0) is 17.5 Å². The number of carboxylic acids is 1. The van der Waals surface area contributed by atoms with Crippen LogP contribution in [0.5, 0.6) is 0 Å². The highest BCUT2D eigenvalue weighted by molar-refractivity contribution is 9.10. The lowest BCUT2D eigenvalue weighted by Crippen LogP contribution is -2.44. The zero-order valence-corrected chi connectivity index (χ0v) is 13.0. The zero-order valence-electron chi connectivity index (χ0n) is 10.6. The number of carboxylic acid groups (broad SMARTS) is 1. The Bertz CT molecular complexity index is 557. The highest BCUT2D eigenvalue weighted by Gasteiger charge is 2.27. The van der Waals surface area contributed by atoms with Gasteiger partial charge in [0.2, 0.25) is 10.0 Å². The second-order valence-electron chi connectivity index (χ2n) is 4.53. The minimum Gasteiger partial charge on any atom is -0.480 e. The van der Waals surface area contributed by atoms with Gasteiger partial charge in [-0.25, -0.2) is 13.1 Å². The van der Waals surface area contributed by atoms with E-state index < -0.39 is 22.0 Å². The van der Waals surface area contributed by atoms with Crippen molar-refractivity contribution in [2.24, 2.45) is 5.92 Å². The highest BCUT2D eigenvalue weighted by atomic mass is 79.9. The third-order valence-electron chi connectivity index (χ3n) is 2.54. The molecule has 0 bridgehead atoms. The summed E-state index contributed by atoms with van der Waals surface area (Å²) in [6.07, 6.45) is 0. The fourth-order valence-corrected chi connectivity index (χ4v) is 3.64. The Morgan fingerprint density at radius 1 is 1.37 bits per heavy atom. The Labute approximate surface area is 121 Å². The first-order valence-electron chi connectivity index (χ1n) is 5.69. The molecule has 0 radical (unpaired) electrons. The molecule has 0 aliphatic rings. The number of hydrogen-bond donors (Lipinski definition) is 2. The van der Waals surface area contributed by atoms with Crippen LogP contribution in [0.2, 0.25) is 0 Å². The molecule has 5 nitrogen and oxygen atoms in total. The zero-order chi connectivity index (χ0) is 14.6. The van der Waals surface area contributed by atoms with Crippen molar-refractivity contribution in [2.45, 2.75) is 25.6 Å². The van der Waals surface area contributed by atoms with Crippen LogP contribution in [0, 0.1) is 5.92 Å². The van der Waals surface area contributed by atoms with Crippen LogP contribution in [0.4, 0.5) is 0 Å². The molecule has 0 amide bonds. The molecular weight excluding hydrogens is 334 g/mol. The lowest BCUT2D eigenvalue weighted by molar-refractivity contribution is -0.140. The summed E-state index contributed by atoms with van der Waals surface area (Å²) in [6.45, 7) is 3.31. The molecule has 1 atom stereocenters. The first-order chi connectivity index (χ1) is 8.73. The van der Waals surface area contributed by atoms with Gasteiger partial charge in [0.1, 0.15) is 6.04 Å². The number of halogens is 1. The van der Waals surface area contributed by atoms with Crippen molar-refractivity contribution >= 4 is 31.9 Å². The van der Waals surface area contributed by atoms with Crippen molar-refractivity contribution in [3.63, 3.8) is 0 Å². The second kappa shape index (κ2) is 6.49. The molecular formula is C12H16BrNO4S. The number of carbonyl (C=O) groups is 1. The summed E-state index contributed by atoms with van der Waals surface area (Å²) in [5.41, 5.74) is 0.586. The van der Waals surface area contributed by atoms with Gasteiger partial charge in [0.15, 0.2) is 0 Å². The maximum Gasteiger partial charge on any atom is 0.321 e. The molecule has 2 N–H and O–H groups in total. The van der Waals surface area contributed by atoms with E-state index in [0.717, 1.165) is 0 Å². The Hall–Kier alpha value is -0.920. The van der Waals surface area contributed by atoms with Gasteiger partial charge in [-0.1, -0.05) is 48.0 Å². The predicted molar refractivity (Wildman–Crippen MR) is 76.2 cm³/mol. The van der Waals surface area contributed by atoms with Crippen LogP contribution in [0.25, 0.3) is 0 Å². The van der Waals surface area contributed by atoms with E-state index in [1.54, 1.807) is 38.1 Å². The quantitative estimate of drug-likeness (QED) is 0.822. The van der Waals surface area contributed by atoms with E-state index in [0.29, 0.717) is 10.0 Å². The van der Waals surface area contributed by atoms with Crippen LogP contribution in [-0.4, -0.2) is 25.5 Å². The monoisotopic (exact) mass is 349 g/mol. The maximum absolute atomic E-state index is 12.0. The van der Waals surface area contributed by atoms with Gasteiger partial charge >= 0.3 is 5.97 Å². The lowest BCUT2D eigenvalue weighted by atomic mass is 10.1.